The Kier molecular flexibility index (Phi) is 4.06. The molecule has 0 radical (unpaired) electrons. The molecule has 0 atom stereocenters. The lowest BCUT2D eigenvalue weighted by Gasteiger charge is -2.10. The molecule has 23 heavy (non-hydrogen) atoms. The molecule has 0 aliphatic rings. The Morgan fingerprint density at radius 1 is 1.13 bits per heavy atom. The van der Waals surface area contributed by atoms with Crippen molar-refractivity contribution in [3.63, 3.8) is 0 Å². The zero-order chi connectivity index (χ0) is 16.4. The minimum absolute atomic E-state index is 0.127. The number of hydrogen-bond donors (Lipinski definition) is 1. The molecule has 1 aromatic heterocycles. The molecule has 3 rings (SSSR count). The lowest BCUT2D eigenvalue weighted by molar-refractivity contribution is 0.570. The second-order valence-electron chi connectivity index (χ2n) is 4.68. The Labute approximate surface area is 137 Å². The zero-order valence-electron chi connectivity index (χ0n) is 11.6. The van der Waals surface area contributed by atoms with Crippen LogP contribution in [-0.4, -0.2) is 18.2 Å². The molecule has 0 unspecified atom stereocenters. The van der Waals surface area contributed by atoms with Gasteiger partial charge in [0.2, 0.25) is 0 Å². The normalized spacial score (nSPS) is 11.4. The maximum absolute atomic E-state index is 13.8. The summed E-state index contributed by atoms with van der Waals surface area (Å²) in [6, 6.07) is 11.8. The van der Waals surface area contributed by atoms with Crippen LogP contribution in [0.25, 0.3) is 5.69 Å². The molecule has 5 nitrogen and oxygen atoms in total. The van der Waals surface area contributed by atoms with Crippen LogP contribution in [0.1, 0.15) is 0 Å². The van der Waals surface area contributed by atoms with E-state index >= 15 is 0 Å². The minimum atomic E-state index is -4.06. The average molecular weight is 352 g/mol. The number of sulfonamides is 1. The highest BCUT2D eigenvalue weighted by Crippen LogP contribution is 2.22. The summed E-state index contributed by atoms with van der Waals surface area (Å²) in [7, 11) is -4.06. The van der Waals surface area contributed by atoms with Crippen LogP contribution >= 0.6 is 11.6 Å². The molecule has 118 valence electrons. The molecule has 0 aliphatic carbocycles. The van der Waals surface area contributed by atoms with Crippen LogP contribution in [0.3, 0.4) is 0 Å². The van der Waals surface area contributed by atoms with Crippen molar-refractivity contribution in [2.45, 2.75) is 4.90 Å². The van der Waals surface area contributed by atoms with Crippen molar-refractivity contribution in [3.05, 3.63) is 71.8 Å². The maximum Gasteiger partial charge on any atom is 0.264 e. The largest absolute Gasteiger partial charge is 0.279 e. The Hall–Kier alpha value is -2.38. The van der Waals surface area contributed by atoms with E-state index < -0.39 is 20.7 Å². The monoisotopic (exact) mass is 351 g/mol. The first kappa shape index (κ1) is 15.5. The quantitative estimate of drug-likeness (QED) is 0.782. The van der Waals surface area contributed by atoms with Gasteiger partial charge in [-0.1, -0.05) is 17.7 Å². The molecule has 3 aromatic rings. The van der Waals surface area contributed by atoms with E-state index in [0.717, 1.165) is 12.1 Å². The molecule has 0 saturated heterocycles. The molecule has 1 heterocycles. The number of rotatable bonds is 4. The van der Waals surface area contributed by atoms with Crippen molar-refractivity contribution in [2.75, 3.05) is 4.72 Å². The molecular weight excluding hydrogens is 341 g/mol. The molecule has 0 aliphatic heterocycles. The predicted molar refractivity (Wildman–Crippen MR) is 85.8 cm³/mol. The lowest BCUT2D eigenvalue weighted by Crippen LogP contribution is -2.14. The number of nitrogens with one attached hydrogen (secondary N) is 1. The van der Waals surface area contributed by atoms with Crippen molar-refractivity contribution < 1.29 is 12.8 Å². The summed E-state index contributed by atoms with van der Waals surface area (Å²) in [5, 5.41) is 4.20. The van der Waals surface area contributed by atoms with Gasteiger partial charge in [0.25, 0.3) is 10.0 Å². The third kappa shape index (κ3) is 3.35. The van der Waals surface area contributed by atoms with E-state index in [-0.39, 0.29) is 5.02 Å². The van der Waals surface area contributed by atoms with Gasteiger partial charge in [-0.2, -0.15) is 5.10 Å². The van der Waals surface area contributed by atoms with E-state index in [1.165, 1.54) is 6.07 Å². The summed E-state index contributed by atoms with van der Waals surface area (Å²) in [5.74, 6) is -0.909. The van der Waals surface area contributed by atoms with E-state index in [1.54, 1.807) is 47.4 Å². The van der Waals surface area contributed by atoms with Crippen molar-refractivity contribution >= 4 is 27.3 Å². The maximum atomic E-state index is 13.8. The summed E-state index contributed by atoms with van der Waals surface area (Å²) < 4.78 is 42.4. The first-order valence-corrected chi connectivity index (χ1v) is 8.40. The molecule has 0 spiro atoms. The number of aromatic nitrogens is 2. The van der Waals surface area contributed by atoms with Crippen LogP contribution in [0.2, 0.25) is 5.02 Å². The van der Waals surface area contributed by atoms with Crippen LogP contribution in [-0.2, 0) is 10.0 Å². The highest BCUT2D eigenvalue weighted by atomic mass is 35.5. The fraction of sp³-hybridized carbons (Fsp3) is 0. The fourth-order valence-corrected chi connectivity index (χ4v) is 3.31. The molecule has 1 N–H and O–H groups in total. The van der Waals surface area contributed by atoms with Gasteiger partial charge in [-0.05, 0) is 42.5 Å². The number of anilines is 1. The van der Waals surface area contributed by atoms with Gasteiger partial charge in [0.05, 0.1) is 11.4 Å². The molecule has 0 saturated carbocycles. The molecule has 0 amide bonds. The molecular formula is C15H11ClFN3O2S. The van der Waals surface area contributed by atoms with E-state index in [2.05, 4.69) is 9.82 Å². The van der Waals surface area contributed by atoms with Crippen LogP contribution in [0.4, 0.5) is 10.1 Å². The number of nitrogens with zero attached hydrogens (tertiary/aromatic N) is 2. The van der Waals surface area contributed by atoms with Crippen molar-refractivity contribution in [2.24, 2.45) is 0 Å². The van der Waals surface area contributed by atoms with Crippen molar-refractivity contribution in [1.82, 2.24) is 9.78 Å². The summed E-state index contributed by atoms with van der Waals surface area (Å²) >= 11 is 5.64. The Morgan fingerprint density at radius 3 is 2.65 bits per heavy atom. The van der Waals surface area contributed by atoms with E-state index in [1.807, 2.05) is 0 Å². The molecule has 2 aromatic carbocycles. The molecule has 0 fully saturated rings. The minimum Gasteiger partial charge on any atom is -0.279 e. The van der Waals surface area contributed by atoms with Gasteiger partial charge in [0.1, 0.15) is 10.7 Å². The Morgan fingerprint density at radius 2 is 1.96 bits per heavy atom. The molecule has 8 heteroatoms. The van der Waals surface area contributed by atoms with Crippen molar-refractivity contribution in [3.8, 4) is 5.69 Å². The summed E-state index contributed by atoms with van der Waals surface area (Å²) in [4.78, 5) is -0.466. The SMILES string of the molecule is O=S(=O)(Nc1cccc(-n2cccn2)c1)c1ccc(Cl)cc1F. The van der Waals surface area contributed by atoms with Crippen molar-refractivity contribution in [1.29, 1.82) is 0 Å². The second-order valence-corrected chi connectivity index (χ2v) is 6.77. The van der Waals surface area contributed by atoms with Crippen LogP contribution in [0, 0.1) is 5.82 Å². The summed E-state index contributed by atoms with van der Waals surface area (Å²) in [6.45, 7) is 0. The van der Waals surface area contributed by atoms with Crippen LogP contribution in [0.5, 0.6) is 0 Å². The lowest BCUT2D eigenvalue weighted by atomic mass is 10.3. The standard InChI is InChI=1S/C15H11ClFN3O2S/c16-11-5-6-15(14(17)9-11)23(21,22)19-12-3-1-4-13(10-12)20-8-2-7-18-20/h1-10,19H. The summed E-state index contributed by atoms with van der Waals surface area (Å²) in [6.07, 6.45) is 3.34. The highest BCUT2D eigenvalue weighted by molar-refractivity contribution is 7.92. The zero-order valence-corrected chi connectivity index (χ0v) is 13.2. The topological polar surface area (TPSA) is 64.0 Å². The van der Waals surface area contributed by atoms with E-state index in [0.29, 0.717) is 11.4 Å². The number of benzene rings is 2. The smallest absolute Gasteiger partial charge is 0.264 e. The predicted octanol–water partition coefficient (Wildman–Crippen LogP) is 3.47. The van der Waals surface area contributed by atoms with Gasteiger partial charge < -0.3 is 0 Å². The van der Waals surface area contributed by atoms with Crippen LogP contribution < -0.4 is 4.72 Å². The Balaban J connectivity index is 1.93. The third-order valence-corrected chi connectivity index (χ3v) is 4.70. The van der Waals surface area contributed by atoms with Crippen LogP contribution in [0.15, 0.2) is 65.8 Å². The Bertz CT molecular complexity index is 943. The van der Waals surface area contributed by atoms with Gasteiger partial charge in [-0.25, -0.2) is 17.5 Å². The number of hydrogen-bond acceptors (Lipinski definition) is 3. The van der Waals surface area contributed by atoms with Gasteiger partial charge in [-0.15, -0.1) is 0 Å². The molecule has 0 bridgehead atoms. The van der Waals surface area contributed by atoms with Gasteiger partial charge >= 0.3 is 0 Å². The van der Waals surface area contributed by atoms with Gasteiger partial charge in [-0.3, -0.25) is 4.72 Å². The summed E-state index contributed by atoms with van der Waals surface area (Å²) in [5.41, 5.74) is 0.971. The fourth-order valence-electron chi connectivity index (χ4n) is 2.04. The second kappa shape index (κ2) is 6.02. The van der Waals surface area contributed by atoms with Gasteiger partial charge in [0, 0.05) is 17.4 Å². The first-order valence-electron chi connectivity index (χ1n) is 6.54. The highest BCUT2D eigenvalue weighted by Gasteiger charge is 2.19. The number of halogens is 2. The third-order valence-electron chi connectivity index (χ3n) is 3.05. The van der Waals surface area contributed by atoms with E-state index in [4.69, 9.17) is 11.6 Å². The first-order chi connectivity index (χ1) is 11.0. The average Bonchev–Trinajstić information content (AvgIpc) is 3.00. The van der Waals surface area contributed by atoms with E-state index in [9.17, 15) is 12.8 Å². The van der Waals surface area contributed by atoms with Gasteiger partial charge in [0.15, 0.2) is 0 Å².